The lowest BCUT2D eigenvalue weighted by Crippen LogP contribution is -2.21. The highest BCUT2D eigenvalue weighted by atomic mass is 16.5. The molecular weight excluding hydrogens is 306 g/mol. The standard InChI is InChI=1S/C18H23N3O3/c1-11(2)14-8-9-23-15(14)17-19-16(20-24-17)12-6-5-7-13(10-12)18(22)21(3)4/h5-7,10-11,14-15H,8-9H2,1-4H3/t14-,15-/m0/s1. The van der Waals surface area contributed by atoms with E-state index in [0.29, 0.717) is 29.1 Å². The molecule has 6 nitrogen and oxygen atoms in total. The summed E-state index contributed by atoms with van der Waals surface area (Å²) in [4.78, 5) is 18.2. The fourth-order valence-corrected chi connectivity index (χ4v) is 3.06. The van der Waals surface area contributed by atoms with Crippen LogP contribution in [0.1, 0.15) is 42.6 Å². The third kappa shape index (κ3) is 3.19. The SMILES string of the molecule is CC(C)[C@@H]1CCO[C@@H]1c1nc(-c2cccc(C(=O)N(C)C)c2)no1. The Morgan fingerprint density at radius 1 is 1.33 bits per heavy atom. The molecule has 0 saturated carbocycles. The maximum Gasteiger partial charge on any atom is 0.256 e. The van der Waals surface area contributed by atoms with Crippen LogP contribution in [-0.2, 0) is 4.74 Å². The molecule has 1 aliphatic heterocycles. The minimum atomic E-state index is -0.141. The second-order valence-electron chi connectivity index (χ2n) is 6.72. The first kappa shape index (κ1) is 16.6. The van der Waals surface area contributed by atoms with Crippen LogP contribution >= 0.6 is 0 Å². The smallest absolute Gasteiger partial charge is 0.256 e. The molecule has 128 valence electrons. The molecule has 0 spiro atoms. The molecule has 1 fully saturated rings. The molecule has 0 bridgehead atoms. The van der Waals surface area contributed by atoms with Crippen molar-refractivity contribution in [1.82, 2.24) is 15.0 Å². The van der Waals surface area contributed by atoms with E-state index in [1.807, 2.05) is 12.1 Å². The van der Waals surface area contributed by atoms with Crippen LogP contribution in [0.5, 0.6) is 0 Å². The highest BCUT2D eigenvalue weighted by Gasteiger charge is 2.36. The highest BCUT2D eigenvalue weighted by Crippen LogP contribution is 2.38. The number of carbonyl (C=O) groups excluding carboxylic acids is 1. The number of amides is 1. The van der Waals surface area contributed by atoms with Gasteiger partial charge in [-0.15, -0.1) is 0 Å². The summed E-state index contributed by atoms with van der Waals surface area (Å²) in [6.45, 7) is 5.08. The fourth-order valence-electron chi connectivity index (χ4n) is 3.06. The molecule has 3 rings (SSSR count). The van der Waals surface area contributed by atoms with Gasteiger partial charge in [0.05, 0.1) is 0 Å². The van der Waals surface area contributed by atoms with Crippen LogP contribution < -0.4 is 0 Å². The molecule has 24 heavy (non-hydrogen) atoms. The molecule has 0 N–H and O–H groups in total. The zero-order valence-corrected chi connectivity index (χ0v) is 14.5. The van der Waals surface area contributed by atoms with Crippen molar-refractivity contribution in [2.75, 3.05) is 20.7 Å². The van der Waals surface area contributed by atoms with E-state index >= 15 is 0 Å². The monoisotopic (exact) mass is 329 g/mol. The van der Waals surface area contributed by atoms with Crippen LogP contribution in [0.4, 0.5) is 0 Å². The lowest BCUT2D eigenvalue weighted by atomic mass is 9.89. The zero-order chi connectivity index (χ0) is 17.3. The van der Waals surface area contributed by atoms with Crippen LogP contribution in [0.15, 0.2) is 28.8 Å². The van der Waals surface area contributed by atoms with Crippen molar-refractivity contribution in [1.29, 1.82) is 0 Å². The topological polar surface area (TPSA) is 68.5 Å². The van der Waals surface area contributed by atoms with Gasteiger partial charge in [-0.05, 0) is 30.4 Å². The molecule has 1 aromatic heterocycles. The Morgan fingerprint density at radius 3 is 2.83 bits per heavy atom. The summed E-state index contributed by atoms with van der Waals surface area (Å²) in [5.74, 6) is 1.83. The molecule has 0 unspecified atom stereocenters. The Bertz CT molecular complexity index is 724. The van der Waals surface area contributed by atoms with Crippen LogP contribution in [0.2, 0.25) is 0 Å². The van der Waals surface area contributed by atoms with Crippen molar-refractivity contribution >= 4 is 5.91 Å². The average Bonchev–Trinajstić information content (AvgIpc) is 3.22. The van der Waals surface area contributed by atoms with Crippen LogP contribution in [-0.4, -0.2) is 41.6 Å². The van der Waals surface area contributed by atoms with E-state index < -0.39 is 0 Å². The van der Waals surface area contributed by atoms with Crippen LogP contribution in [0, 0.1) is 11.8 Å². The average molecular weight is 329 g/mol. The van der Waals surface area contributed by atoms with E-state index in [1.54, 1.807) is 31.1 Å². The molecule has 1 aromatic carbocycles. The molecule has 2 heterocycles. The molecule has 2 atom stereocenters. The number of hydrogen-bond acceptors (Lipinski definition) is 5. The van der Waals surface area contributed by atoms with E-state index in [-0.39, 0.29) is 12.0 Å². The van der Waals surface area contributed by atoms with Gasteiger partial charge >= 0.3 is 0 Å². The van der Waals surface area contributed by atoms with Gasteiger partial charge in [-0.1, -0.05) is 31.1 Å². The van der Waals surface area contributed by atoms with Crippen molar-refractivity contribution in [3.8, 4) is 11.4 Å². The first-order chi connectivity index (χ1) is 11.5. The predicted octanol–water partition coefficient (Wildman–Crippen LogP) is 3.17. The maximum absolute atomic E-state index is 12.1. The summed E-state index contributed by atoms with van der Waals surface area (Å²) in [5.41, 5.74) is 1.36. The summed E-state index contributed by atoms with van der Waals surface area (Å²) in [6.07, 6.45) is 0.866. The van der Waals surface area contributed by atoms with E-state index in [9.17, 15) is 4.79 Å². The summed E-state index contributed by atoms with van der Waals surface area (Å²) in [7, 11) is 3.45. The molecule has 0 radical (unpaired) electrons. The maximum atomic E-state index is 12.1. The van der Waals surface area contributed by atoms with Gasteiger partial charge in [0, 0.05) is 31.8 Å². The Morgan fingerprint density at radius 2 is 2.12 bits per heavy atom. The fraction of sp³-hybridized carbons (Fsp3) is 0.500. The Hall–Kier alpha value is -2.21. The first-order valence-corrected chi connectivity index (χ1v) is 8.24. The molecule has 1 amide bonds. The van der Waals surface area contributed by atoms with Gasteiger partial charge in [-0.2, -0.15) is 4.98 Å². The number of nitrogens with zero attached hydrogens (tertiary/aromatic N) is 3. The van der Waals surface area contributed by atoms with Gasteiger partial charge in [0.2, 0.25) is 5.82 Å². The molecule has 6 heteroatoms. The minimum Gasteiger partial charge on any atom is -0.368 e. The molecule has 2 aromatic rings. The Balaban J connectivity index is 1.86. The summed E-state index contributed by atoms with van der Waals surface area (Å²) in [6, 6.07) is 7.26. The summed E-state index contributed by atoms with van der Waals surface area (Å²) in [5, 5.41) is 4.08. The van der Waals surface area contributed by atoms with Gasteiger partial charge in [-0.3, -0.25) is 4.79 Å². The minimum absolute atomic E-state index is 0.0560. The lowest BCUT2D eigenvalue weighted by molar-refractivity contribution is 0.0519. The molecular formula is C18H23N3O3. The molecule has 1 aliphatic rings. The van der Waals surface area contributed by atoms with E-state index in [0.717, 1.165) is 18.6 Å². The van der Waals surface area contributed by atoms with Gasteiger partial charge in [0.25, 0.3) is 11.8 Å². The Kier molecular flexibility index (Phi) is 4.66. The predicted molar refractivity (Wildman–Crippen MR) is 89.4 cm³/mol. The third-order valence-electron chi connectivity index (χ3n) is 4.45. The van der Waals surface area contributed by atoms with Crippen molar-refractivity contribution < 1.29 is 14.1 Å². The number of aromatic nitrogens is 2. The number of ether oxygens (including phenoxy) is 1. The summed E-state index contributed by atoms with van der Waals surface area (Å²) < 4.78 is 11.2. The largest absolute Gasteiger partial charge is 0.368 e. The number of rotatable bonds is 4. The summed E-state index contributed by atoms with van der Waals surface area (Å²) >= 11 is 0. The van der Waals surface area contributed by atoms with Crippen molar-refractivity contribution in [3.63, 3.8) is 0 Å². The quantitative estimate of drug-likeness (QED) is 0.862. The lowest BCUT2D eigenvalue weighted by Gasteiger charge is -2.18. The molecule has 1 saturated heterocycles. The second-order valence-corrected chi connectivity index (χ2v) is 6.72. The van der Waals surface area contributed by atoms with Gasteiger partial charge in [0.15, 0.2) is 0 Å². The van der Waals surface area contributed by atoms with Crippen molar-refractivity contribution in [2.24, 2.45) is 11.8 Å². The zero-order valence-electron chi connectivity index (χ0n) is 14.5. The van der Waals surface area contributed by atoms with Crippen molar-refractivity contribution in [2.45, 2.75) is 26.4 Å². The first-order valence-electron chi connectivity index (χ1n) is 8.24. The van der Waals surface area contributed by atoms with E-state index in [1.165, 1.54) is 0 Å². The van der Waals surface area contributed by atoms with E-state index in [2.05, 4.69) is 24.0 Å². The second kappa shape index (κ2) is 6.73. The highest BCUT2D eigenvalue weighted by molar-refractivity contribution is 5.94. The number of carbonyl (C=O) groups is 1. The van der Waals surface area contributed by atoms with Gasteiger partial charge < -0.3 is 14.2 Å². The number of hydrogen-bond donors (Lipinski definition) is 0. The third-order valence-corrected chi connectivity index (χ3v) is 4.45. The Labute approximate surface area is 141 Å². The van der Waals surface area contributed by atoms with Gasteiger partial charge in [-0.25, -0.2) is 0 Å². The number of benzene rings is 1. The van der Waals surface area contributed by atoms with Crippen LogP contribution in [0.25, 0.3) is 11.4 Å². The normalized spacial score (nSPS) is 20.5. The van der Waals surface area contributed by atoms with E-state index in [4.69, 9.17) is 9.26 Å². The van der Waals surface area contributed by atoms with Crippen molar-refractivity contribution in [3.05, 3.63) is 35.7 Å². The molecule has 0 aliphatic carbocycles. The van der Waals surface area contributed by atoms with Crippen LogP contribution in [0.3, 0.4) is 0 Å². The van der Waals surface area contributed by atoms with Gasteiger partial charge in [0.1, 0.15) is 6.10 Å².